The van der Waals surface area contributed by atoms with Crippen LogP contribution in [0.25, 0.3) is 0 Å². The average Bonchev–Trinajstić information content (AvgIpc) is 2.55. The Morgan fingerprint density at radius 2 is 1.96 bits per heavy atom. The van der Waals surface area contributed by atoms with Gasteiger partial charge >= 0.3 is 0 Å². The first-order valence-electron chi connectivity index (χ1n) is 7.59. The van der Waals surface area contributed by atoms with Gasteiger partial charge in [-0.25, -0.2) is 0 Å². The van der Waals surface area contributed by atoms with Crippen molar-refractivity contribution in [2.24, 2.45) is 0 Å². The summed E-state index contributed by atoms with van der Waals surface area (Å²) in [6.45, 7) is 1.09. The molecule has 126 valence electrons. The number of hydrogen-bond donors (Lipinski definition) is 1. The number of rotatable bonds is 6. The predicted molar refractivity (Wildman–Crippen MR) is 92.4 cm³/mol. The molecular weight excluding hydrogens is 306 g/mol. The number of nitrogens with zero attached hydrogens (tertiary/aromatic N) is 2. The molecule has 0 unspecified atom stereocenters. The third kappa shape index (κ3) is 4.17. The molecule has 1 heterocycles. The minimum Gasteiger partial charge on any atom is -0.355 e. The fraction of sp³-hybridized carbons (Fsp3) is 0.278. The van der Waals surface area contributed by atoms with Crippen molar-refractivity contribution in [3.05, 3.63) is 69.1 Å². The first-order valence-corrected chi connectivity index (χ1v) is 7.59. The SMILES string of the molecule is CNC(=O)c1cc(C=O)cn(Cc2cccc(CN(C)C)c2)c1=O. The molecular formula is C18H21N3O3. The highest BCUT2D eigenvalue weighted by Gasteiger charge is 2.13. The van der Waals surface area contributed by atoms with Gasteiger partial charge in [0.25, 0.3) is 11.5 Å². The molecule has 1 aromatic heterocycles. The van der Waals surface area contributed by atoms with Gasteiger partial charge in [0.2, 0.25) is 0 Å². The highest BCUT2D eigenvalue weighted by atomic mass is 16.2. The summed E-state index contributed by atoms with van der Waals surface area (Å²) >= 11 is 0. The standard InChI is InChI=1S/C18H21N3O3/c1-19-17(23)16-8-15(12-22)11-21(18(16)24)10-14-6-4-5-13(7-14)9-20(2)3/h4-8,11-12H,9-10H2,1-3H3,(H,19,23). The molecule has 1 amide bonds. The van der Waals surface area contributed by atoms with Crippen LogP contribution >= 0.6 is 0 Å². The molecule has 0 aliphatic carbocycles. The summed E-state index contributed by atoms with van der Waals surface area (Å²) in [4.78, 5) is 37.5. The van der Waals surface area contributed by atoms with Gasteiger partial charge in [-0.2, -0.15) is 0 Å². The van der Waals surface area contributed by atoms with Gasteiger partial charge in [-0.3, -0.25) is 14.4 Å². The lowest BCUT2D eigenvalue weighted by atomic mass is 10.1. The second kappa shape index (κ2) is 7.70. The molecule has 0 saturated heterocycles. The van der Waals surface area contributed by atoms with Crippen LogP contribution in [0.15, 0.2) is 41.3 Å². The van der Waals surface area contributed by atoms with Crippen LogP contribution in [0.2, 0.25) is 0 Å². The fourth-order valence-corrected chi connectivity index (χ4v) is 2.53. The zero-order chi connectivity index (χ0) is 17.7. The van der Waals surface area contributed by atoms with E-state index in [1.807, 2.05) is 38.4 Å². The molecule has 0 spiro atoms. The third-order valence-electron chi connectivity index (χ3n) is 3.56. The maximum atomic E-state index is 12.5. The number of carbonyl (C=O) groups excluding carboxylic acids is 2. The Hall–Kier alpha value is -2.73. The van der Waals surface area contributed by atoms with Crippen LogP contribution in [0, 0.1) is 0 Å². The van der Waals surface area contributed by atoms with Gasteiger partial charge in [-0.1, -0.05) is 24.3 Å². The summed E-state index contributed by atoms with van der Waals surface area (Å²) in [7, 11) is 5.42. The maximum Gasteiger partial charge on any atom is 0.263 e. The van der Waals surface area contributed by atoms with E-state index in [1.54, 1.807) is 0 Å². The highest BCUT2D eigenvalue weighted by Crippen LogP contribution is 2.09. The largest absolute Gasteiger partial charge is 0.355 e. The van der Waals surface area contributed by atoms with E-state index >= 15 is 0 Å². The number of aldehydes is 1. The van der Waals surface area contributed by atoms with E-state index in [2.05, 4.69) is 10.2 Å². The summed E-state index contributed by atoms with van der Waals surface area (Å²) in [6, 6.07) is 9.19. The lowest BCUT2D eigenvalue weighted by Gasteiger charge is -2.12. The molecule has 24 heavy (non-hydrogen) atoms. The van der Waals surface area contributed by atoms with E-state index in [0.717, 1.165) is 17.7 Å². The van der Waals surface area contributed by atoms with Crippen molar-refractivity contribution in [2.45, 2.75) is 13.1 Å². The Morgan fingerprint density at radius 3 is 2.58 bits per heavy atom. The van der Waals surface area contributed by atoms with Crippen molar-refractivity contribution >= 4 is 12.2 Å². The molecule has 0 radical (unpaired) electrons. The van der Waals surface area contributed by atoms with Crippen molar-refractivity contribution in [1.29, 1.82) is 0 Å². The molecule has 2 aromatic rings. The molecule has 6 nitrogen and oxygen atoms in total. The van der Waals surface area contributed by atoms with Crippen molar-refractivity contribution in [3.8, 4) is 0 Å². The second-order valence-corrected chi connectivity index (χ2v) is 5.87. The minimum absolute atomic E-state index is 0.0356. The van der Waals surface area contributed by atoms with E-state index < -0.39 is 11.5 Å². The Kier molecular flexibility index (Phi) is 5.65. The summed E-state index contributed by atoms with van der Waals surface area (Å²) < 4.78 is 1.39. The smallest absolute Gasteiger partial charge is 0.263 e. The van der Waals surface area contributed by atoms with Crippen LogP contribution < -0.4 is 10.9 Å². The predicted octanol–water partition coefficient (Wildman–Crippen LogP) is 1.13. The molecule has 2 rings (SSSR count). The minimum atomic E-state index is -0.501. The van der Waals surface area contributed by atoms with E-state index in [-0.39, 0.29) is 11.1 Å². The Balaban J connectivity index is 2.41. The molecule has 6 heteroatoms. The fourth-order valence-electron chi connectivity index (χ4n) is 2.53. The molecule has 0 fully saturated rings. The van der Waals surface area contributed by atoms with Crippen LogP contribution in [-0.4, -0.2) is 42.8 Å². The zero-order valence-electron chi connectivity index (χ0n) is 14.1. The monoisotopic (exact) mass is 327 g/mol. The number of benzene rings is 1. The first-order chi connectivity index (χ1) is 11.4. The number of carbonyl (C=O) groups is 2. The number of nitrogens with one attached hydrogen (secondary N) is 1. The third-order valence-corrected chi connectivity index (χ3v) is 3.56. The summed E-state index contributed by atoms with van der Waals surface area (Å²) in [5.74, 6) is -0.501. The van der Waals surface area contributed by atoms with Crippen molar-refractivity contribution in [3.63, 3.8) is 0 Å². The molecule has 1 N–H and O–H groups in total. The lowest BCUT2D eigenvalue weighted by Crippen LogP contribution is -2.32. The molecule has 0 aliphatic rings. The normalized spacial score (nSPS) is 10.7. The van der Waals surface area contributed by atoms with Crippen LogP contribution in [0.3, 0.4) is 0 Å². The molecule has 0 aliphatic heterocycles. The van der Waals surface area contributed by atoms with Gasteiger partial charge in [-0.15, -0.1) is 0 Å². The molecule has 0 atom stereocenters. The maximum absolute atomic E-state index is 12.5. The molecule has 1 aromatic carbocycles. The van der Waals surface area contributed by atoms with Gasteiger partial charge in [-0.05, 0) is 31.3 Å². The summed E-state index contributed by atoms with van der Waals surface area (Å²) in [5, 5.41) is 2.42. The van der Waals surface area contributed by atoms with Gasteiger partial charge in [0, 0.05) is 25.4 Å². The number of amides is 1. The van der Waals surface area contributed by atoms with E-state index in [0.29, 0.717) is 12.8 Å². The van der Waals surface area contributed by atoms with Crippen LogP contribution in [0.5, 0.6) is 0 Å². The summed E-state index contributed by atoms with van der Waals surface area (Å²) in [6.07, 6.45) is 2.10. The highest BCUT2D eigenvalue weighted by molar-refractivity contribution is 5.95. The number of pyridine rings is 1. The Bertz CT molecular complexity index is 809. The van der Waals surface area contributed by atoms with Crippen LogP contribution in [-0.2, 0) is 13.1 Å². The van der Waals surface area contributed by atoms with Gasteiger partial charge in [0.05, 0.1) is 6.54 Å². The Morgan fingerprint density at radius 1 is 1.25 bits per heavy atom. The van der Waals surface area contributed by atoms with E-state index in [4.69, 9.17) is 0 Å². The van der Waals surface area contributed by atoms with Crippen molar-refractivity contribution in [1.82, 2.24) is 14.8 Å². The molecule has 0 saturated carbocycles. The van der Waals surface area contributed by atoms with E-state index in [1.165, 1.54) is 23.9 Å². The molecule has 0 bridgehead atoms. The van der Waals surface area contributed by atoms with Gasteiger partial charge < -0.3 is 14.8 Å². The average molecular weight is 327 g/mol. The van der Waals surface area contributed by atoms with Gasteiger partial charge in [0.15, 0.2) is 6.29 Å². The van der Waals surface area contributed by atoms with Crippen LogP contribution in [0.1, 0.15) is 31.8 Å². The number of aromatic nitrogens is 1. The van der Waals surface area contributed by atoms with Crippen molar-refractivity contribution in [2.75, 3.05) is 21.1 Å². The second-order valence-electron chi connectivity index (χ2n) is 5.87. The number of hydrogen-bond acceptors (Lipinski definition) is 4. The summed E-state index contributed by atoms with van der Waals surface area (Å²) in [5.41, 5.74) is 1.90. The lowest BCUT2D eigenvalue weighted by molar-refractivity contribution is 0.0961. The zero-order valence-corrected chi connectivity index (χ0v) is 14.1. The van der Waals surface area contributed by atoms with E-state index in [9.17, 15) is 14.4 Å². The Labute approximate surface area is 140 Å². The van der Waals surface area contributed by atoms with Crippen molar-refractivity contribution < 1.29 is 9.59 Å². The van der Waals surface area contributed by atoms with Gasteiger partial charge in [0.1, 0.15) is 5.56 Å². The first kappa shape index (κ1) is 17.6. The topological polar surface area (TPSA) is 71.4 Å². The quantitative estimate of drug-likeness (QED) is 0.808. The van der Waals surface area contributed by atoms with Crippen LogP contribution in [0.4, 0.5) is 0 Å².